The van der Waals surface area contributed by atoms with Gasteiger partial charge >= 0.3 is 0 Å². The minimum atomic E-state index is -0.389. The molecule has 0 amide bonds. The fraction of sp³-hybridized carbons (Fsp3) is 0.480. The maximum atomic E-state index is 14.4. The Morgan fingerprint density at radius 2 is 2.00 bits per heavy atom. The maximum absolute atomic E-state index is 14.4. The number of aliphatic imine (C=N–C) groups is 2. The number of amidine groups is 1. The molecule has 7 heteroatoms. The molecule has 1 aromatic rings. The first-order valence-corrected chi connectivity index (χ1v) is 11.1. The van der Waals surface area contributed by atoms with E-state index in [4.69, 9.17) is 5.41 Å². The Balaban J connectivity index is 1.97. The lowest BCUT2D eigenvalue weighted by Crippen LogP contribution is -2.32. The molecule has 2 N–H and O–H groups in total. The molecule has 1 fully saturated rings. The van der Waals surface area contributed by atoms with E-state index < -0.39 is 0 Å². The molecule has 0 radical (unpaired) electrons. The molecular formula is C25H35F2N5. The van der Waals surface area contributed by atoms with E-state index in [9.17, 15) is 8.78 Å². The summed E-state index contributed by atoms with van der Waals surface area (Å²) in [4.78, 5) is 9.78. The summed E-state index contributed by atoms with van der Waals surface area (Å²) in [7, 11) is 1.91. The van der Waals surface area contributed by atoms with Crippen LogP contribution in [0.4, 0.5) is 8.78 Å². The standard InChI is InChI=1S/C25H35F2N5/c1-5-21(30-15-19-10-6-7-11-22(19)27)14-23(28)24(29-3)31-16-20(26)17-32(4)18-25(2)12-8-9-13-25/h6-7,10-11,14,16,28,30H,3,5,8-9,12-13,15,17-18H2,1-2,4H3/b20-16+,21-14-,28-23?,31-24-. The van der Waals surface area contributed by atoms with Crippen LogP contribution < -0.4 is 5.32 Å². The van der Waals surface area contributed by atoms with E-state index in [2.05, 4.69) is 28.9 Å². The zero-order valence-corrected chi connectivity index (χ0v) is 19.4. The van der Waals surface area contributed by atoms with Crippen LogP contribution in [-0.2, 0) is 6.54 Å². The minimum Gasteiger partial charge on any atom is -0.384 e. The van der Waals surface area contributed by atoms with Crippen LogP contribution in [0.15, 0.2) is 58.1 Å². The smallest absolute Gasteiger partial charge is 0.176 e. The molecule has 0 aliphatic heterocycles. The van der Waals surface area contributed by atoms with Crippen LogP contribution in [0.5, 0.6) is 0 Å². The van der Waals surface area contributed by atoms with Crippen LogP contribution in [0.1, 0.15) is 51.5 Å². The number of nitrogens with zero attached hydrogens (tertiary/aromatic N) is 3. The molecule has 5 nitrogen and oxygen atoms in total. The molecule has 0 atom stereocenters. The third kappa shape index (κ3) is 8.11. The molecule has 0 bridgehead atoms. The Hall–Kier alpha value is -2.67. The summed E-state index contributed by atoms with van der Waals surface area (Å²) in [5.74, 6) is -0.641. The second kappa shape index (κ2) is 12.4. The number of hydrogen-bond acceptors (Lipinski definition) is 4. The zero-order chi connectivity index (χ0) is 23.6. The second-order valence-corrected chi connectivity index (χ2v) is 8.76. The third-order valence-corrected chi connectivity index (χ3v) is 5.76. The van der Waals surface area contributed by atoms with Crippen molar-refractivity contribution in [3.05, 3.63) is 59.4 Å². The average Bonchev–Trinajstić information content (AvgIpc) is 3.17. The summed E-state index contributed by atoms with van der Waals surface area (Å²) in [6.45, 7) is 8.94. The SMILES string of the molecule is C=N/C(=N\C=C(\F)CN(C)CC1(C)CCCC1)C(=N)/C=C(/CC)NCc1ccccc1F. The molecule has 0 heterocycles. The molecule has 0 aromatic heterocycles. The van der Waals surface area contributed by atoms with Crippen LogP contribution in [-0.4, -0.2) is 43.3 Å². The highest BCUT2D eigenvalue weighted by atomic mass is 19.1. The van der Waals surface area contributed by atoms with Crippen LogP contribution in [0.3, 0.4) is 0 Å². The fourth-order valence-electron chi connectivity index (χ4n) is 4.09. The third-order valence-electron chi connectivity index (χ3n) is 5.76. The number of rotatable bonds is 11. The highest BCUT2D eigenvalue weighted by Gasteiger charge is 2.29. The first kappa shape index (κ1) is 25.6. The predicted molar refractivity (Wildman–Crippen MR) is 130 cm³/mol. The fourth-order valence-corrected chi connectivity index (χ4v) is 4.09. The van der Waals surface area contributed by atoms with Crippen molar-refractivity contribution in [2.75, 3.05) is 20.1 Å². The predicted octanol–water partition coefficient (Wildman–Crippen LogP) is 5.65. The molecule has 32 heavy (non-hydrogen) atoms. The van der Waals surface area contributed by atoms with Gasteiger partial charge in [0, 0.05) is 24.4 Å². The second-order valence-electron chi connectivity index (χ2n) is 8.76. The monoisotopic (exact) mass is 443 g/mol. The van der Waals surface area contributed by atoms with Gasteiger partial charge in [0.05, 0.1) is 12.7 Å². The largest absolute Gasteiger partial charge is 0.384 e. The lowest BCUT2D eigenvalue weighted by atomic mass is 9.88. The minimum absolute atomic E-state index is 0.00811. The van der Waals surface area contributed by atoms with Crippen molar-refractivity contribution in [1.29, 1.82) is 5.41 Å². The van der Waals surface area contributed by atoms with Crippen molar-refractivity contribution < 1.29 is 8.78 Å². The van der Waals surface area contributed by atoms with Crippen LogP contribution >= 0.6 is 0 Å². The summed E-state index contributed by atoms with van der Waals surface area (Å²) in [5, 5.41) is 11.4. The van der Waals surface area contributed by atoms with Crippen molar-refractivity contribution in [3.63, 3.8) is 0 Å². The molecular weight excluding hydrogens is 408 g/mol. The van der Waals surface area contributed by atoms with Crippen LogP contribution in [0.2, 0.25) is 0 Å². The lowest BCUT2D eigenvalue weighted by molar-refractivity contribution is 0.200. The Morgan fingerprint density at radius 3 is 2.62 bits per heavy atom. The van der Waals surface area contributed by atoms with Gasteiger partial charge in [-0.1, -0.05) is 44.9 Å². The molecule has 1 aliphatic rings. The first-order valence-electron chi connectivity index (χ1n) is 11.1. The van der Waals surface area contributed by atoms with E-state index >= 15 is 0 Å². The molecule has 1 saturated carbocycles. The van der Waals surface area contributed by atoms with Gasteiger partial charge in [-0.2, -0.15) is 0 Å². The molecule has 0 spiro atoms. The van der Waals surface area contributed by atoms with Crippen LogP contribution in [0.25, 0.3) is 0 Å². The lowest BCUT2D eigenvalue weighted by Gasteiger charge is -2.29. The number of nitrogens with one attached hydrogen (secondary N) is 2. The van der Waals surface area contributed by atoms with E-state index in [1.807, 2.05) is 18.9 Å². The van der Waals surface area contributed by atoms with Gasteiger partial charge in [0.25, 0.3) is 0 Å². The number of allylic oxidation sites excluding steroid dienone is 1. The van der Waals surface area contributed by atoms with E-state index in [0.29, 0.717) is 18.5 Å². The summed E-state index contributed by atoms with van der Waals surface area (Å²) < 4.78 is 28.2. The summed E-state index contributed by atoms with van der Waals surface area (Å²) in [6, 6.07) is 6.53. The Bertz CT molecular complexity index is 882. The van der Waals surface area contributed by atoms with Crippen molar-refractivity contribution >= 4 is 18.3 Å². The van der Waals surface area contributed by atoms with Gasteiger partial charge in [-0.25, -0.2) is 18.8 Å². The topological polar surface area (TPSA) is 63.8 Å². The van der Waals surface area contributed by atoms with Gasteiger partial charge in [-0.15, -0.1) is 0 Å². The number of halogens is 2. The number of hydrogen-bond donors (Lipinski definition) is 2. The Labute approximate surface area is 190 Å². The quantitative estimate of drug-likeness (QED) is 0.343. The van der Waals surface area contributed by atoms with E-state index in [-0.39, 0.29) is 35.2 Å². The molecule has 1 aliphatic carbocycles. The van der Waals surface area contributed by atoms with Crippen LogP contribution in [0, 0.1) is 16.6 Å². The maximum Gasteiger partial charge on any atom is 0.176 e. The Morgan fingerprint density at radius 1 is 1.31 bits per heavy atom. The van der Waals surface area contributed by atoms with E-state index in [1.54, 1.807) is 24.3 Å². The molecule has 0 saturated heterocycles. The van der Waals surface area contributed by atoms with Gasteiger partial charge in [0.2, 0.25) is 0 Å². The van der Waals surface area contributed by atoms with Crippen molar-refractivity contribution in [2.45, 2.75) is 52.5 Å². The molecule has 0 unspecified atom stereocenters. The average molecular weight is 444 g/mol. The summed E-state index contributed by atoms with van der Waals surface area (Å²) in [5.41, 5.74) is 1.53. The highest BCUT2D eigenvalue weighted by molar-refractivity contribution is 6.45. The zero-order valence-electron chi connectivity index (χ0n) is 19.4. The highest BCUT2D eigenvalue weighted by Crippen LogP contribution is 2.37. The van der Waals surface area contributed by atoms with Gasteiger partial charge in [0.1, 0.15) is 17.4 Å². The van der Waals surface area contributed by atoms with Crippen molar-refractivity contribution in [1.82, 2.24) is 10.2 Å². The van der Waals surface area contributed by atoms with Gasteiger partial charge in [-0.3, -0.25) is 10.3 Å². The molecule has 174 valence electrons. The van der Waals surface area contributed by atoms with Gasteiger partial charge < -0.3 is 5.32 Å². The van der Waals surface area contributed by atoms with Crippen molar-refractivity contribution in [3.8, 4) is 0 Å². The van der Waals surface area contributed by atoms with Crippen molar-refractivity contribution in [2.24, 2.45) is 15.4 Å². The summed E-state index contributed by atoms with van der Waals surface area (Å²) in [6.07, 6.45) is 8.12. The van der Waals surface area contributed by atoms with E-state index in [1.165, 1.54) is 31.7 Å². The first-order chi connectivity index (χ1) is 15.3. The van der Waals surface area contributed by atoms with Gasteiger partial charge in [-0.05, 0) is 50.6 Å². The Kier molecular flexibility index (Phi) is 9.91. The number of likely N-dealkylation sites (N-methyl/N-ethyl adjacent to an activating group) is 1. The molecule has 1 aromatic carbocycles. The molecule has 2 rings (SSSR count). The van der Waals surface area contributed by atoms with E-state index in [0.717, 1.165) is 18.4 Å². The normalized spacial score (nSPS) is 17.0. The summed E-state index contributed by atoms with van der Waals surface area (Å²) >= 11 is 0. The van der Waals surface area contributed by atoms with Gasteiger partial charge in [0.15, 0.2) is 5.84 Å². The number of benzene rings is 1.